The summed E-state index contributed by atoms with van der Waals surface area (Å²) >= 11 is 0. The molecule has 0 aromatic heterocycles. The second-order valence-corrected chi connectivity index (χ2v) is 8.02. The van der Waals surface area contributed by atoms with E-state index >= 15 is 0 Å². The normalized spacial score (nSPS) is 17.6. The fraction of sp³-hybridized carbons (Fsp3) is 0.652. The van der Waals surface area contributed by atoms with Gasteiger partial charge in [-0.05, 0) is 25.3 Å². The molecule has 1 saturated carbocycles. The van der Waals surface area contributed by atoms with Crippen LogP contribution in [0.15, 0.2) is 35.3 Å². The molecule has 8 heteroatoms. The van der Waals surface area contributed by atoms with Crippen LogP contribution >= 0.6 is 24.0 Å². The molecule has 1 heterocycles. The number of nitrogens with zero attached hydrogens (tertiary/aromatic N) is 3. The van der Waals surface area contributed by atoms with E-state index < -0.39 is 0 Å². The Bertz CT molecular complexity index is 661. The highest BCUT2D eigenvalue weighted by molar-refractivity contribution is 14.0. The molecule has 3 rings (SSSR count). The van der Waals surface area contributed by atoms with Gasteiger partial charge in [0.25, 0.3) is 0 Å². The fourth-order valence-corrected chi connectivity index (χ4v) is 3.76. The molecule has 0 spiro atoms. The first-order chi connectivity index (χ1) is 14.8. The number of carbonyl (C=O) groups excluding carboxylic acids is 1. The predicted molar refractivity (Wildman–Crippen MR) is 136 cm³/mol. The molecule has 1 aliphatic carbocycles. The van der Waals surface area contributed by atoms with E-state index in [2.05, 4.69) is 44.5 Å². The van der Waals surface area contributed by atoms with Gasteiger partial charge in [0, 0.05) is 51.7 Å². The van der Waals surface area contributed by atoms with Crippen LogP contribution in [-0.2, 0) is 16.1 Å². The summed E-state index contributed by atoms with van der Waals surface area (Å²) in [5.74, 6) is 1.53. The number of ether oxygens (including phenoxy) is 1. The van der Waals surface area contributed by atoms with Crippen LogP contribution in [0.25, 0.3) is 0 Å². The SMILES string of the molecule is CCNC(=NCCN1CCN(C(=O)C2CCC2)CC1)NCCOCc1ccccc1.I. The molecule has 2 aliphatic rings. The zero-order valence-electron chi connectivity index (χ0n) is 18.7. The lowest BCUT2D eigenvalue weighted by Crippen LogP contribution is -2.51. The maximum absolute atomic E-state index is 12.3. The third kappa shape index (κ3) is 8.94. The summed E-state index contributed by atoms with van der Waals surface area (Å²) in [6.07, 6.45) is 3.40. The van der Waals surface area contributed by atoms with Crippen LogP contribution in [0.5, 0.6) is 0 Å². The predicted octanol–water partition coefficient (Wildman–Crippen LogP) is 2.32. The van der Waals surface area contributed by atoms with Crippen molar-refractivity contribution >= 4 is 35.8 Å². The molecule has 2 fully saturated rings. The third-order valence-corrected chi connectivity index (χ3v) is 5.82. The van der Waals surface area contributed by atoms with Gasteiger partial charge in [-0.25, -0.2) is 0 Å². The molecule has 1 amide bonds. The molecule has 0 atom stereocenters. The molecule has 31 heavy (non-hydrogen) atoms. The van der Waals surface area contributed by atoms with E-state index in [0.29, 0.717) is 25.0 Å². The van der Waals surface area contributed by atoms with Crippen molar-refractivity contribution in [3.05, 3.63) is 35.9 Å². The highest BCUT2D eigenvalue weighted by Crippen LogP contribution is 2.28. The number of hydrogen-bond acceptors (Lipinski definition) is 4. The molecule has 1 aromatic carbocycles. The number of aliphatic imine (C=N–C) groups is 1. The van der Waals surface area contributed by atoms with E-state index in [1.165, 1.54) is 12.0 Å². The molecule has 1 aromatic rings. The summed E-state index contributed by atoms with van der Waals surface area (Å²) in [7, 11) is 0. The largest absolute Gasteiger partial charge is 0.375 e. The number of hydrogen-bond donors (Lipinski definition) is 2. The first kappa shape index (κ1) is 25.9. The summed E-state index contributed by atoms with van der Waals surface area (Å²) in [6.45, 7) is 10.2. The van der Waals surface area contributed by atoms with E-state index in [9.17, 15) is 4.79 Å². The van der Waals surface area contributed by atoms with E-state index in [4.69, 9.17) is 4.74 Å². The maximum Gasteiger partial charge on any atom is 0.225 e. The Hall–Kier alpha value is -1.39. The second-order valence-electron chi connectivity index (χ2n) is 8.02. The van der Waals surface area contributed by atoms with Gasteiger partial charge < -0.3 is 20.3 Å². The van der Waals surface area contributed by atoms with Crippen molar-refractivity contribution in [3.63, 3.8) is 0 Å². The molecular weight excluding hydrogens is 505 g/mol. The zero-order chi connectivity index (χ0) is 21.0. The Morgan fingerprint density at radius 3 is 2.52 bits per heavy atom. The van der Waals surface area contributed by atoms with Gasteiger partial charge in [0.1, 0.15) is 0 Å². The number of guanidine groups is 1. The molecule has 0 unspecified atom stereocenters. The topological polar surface area (TPSA) is 69.2 Å². The molecule has 7 nitrogen and oxygen atoms in total. The number of halogens is 1. The van der Waals surface area contributed by atoms with E-state index in [0.717, 1.165) is 71.2 Å². The Morgan fingerprint density at radius 1 is 1.13 bits per heavy atom. The zero-order valence-corrected chi connectivity index (χ0v) is 21.1. The minimum atomic E-state index is 0. The lowest BCUT2D eigenvalue weighted by Gasteiger charge is -2.38. The minimum Gasteiger partial charge on any atom is -0.375 e. The highest BCUT2D eigenvalue weighted by atomic mass is 127. The lowest BCUT2D eigenvalue weighted by molar-refractivity contribution is -0.139. The lowest BCUT2D eigenvalue weighted by atomic mass is 9.84. The van der Waals surface area contributed by atoms with Crippen molar-refractivity contribution in [1.29, 1.82) is 0 Å². The smallest absolute Gasteiger partial charge is 0.225 e. The standard InChI is InChI=1S/C23H37N5O2.HI/c1-2-24-23(26-12-18-30-19-20-7-4-3-5-8-20)25-11-13-27-14-16-28(17-15-27)22(29)21-9-6-10-21;/h3-5,7-8,21H,2,6,9-19H2,1H3,(H2,24,25,26);1H. The van der Waals surface area contributed by atoms with Gasteiger partial charge in [0.15, 0.2) is 5.96 Å². The average Bonchev–Trinajstić information content (AvgIpc) is 2.73. The van der Waals surface area contributed by atoms with Gasteiger partial charge in [-0.2, -0.15) is 0 Å². The van der Waals surface area contributed by atoms with Crippen molar-refractivity contribution in [2.45, 2.75) is 32.8 Å². The van der Waals surface area contributed by atoms with Crippen LogP contribution < -0.4 is 10.6 Å². The van der Waals surface area contributed by atoms with Crippen LogP contribution in [0, 0.1) is 5.92 Å². The number of piperazine rings is 1. The summed E-state index contributed by atoms with van der Waals surface area (Å²) in [5.41, 5.74) is 1.19. The van der Waals surface area contributed by atoms with Gasteiger partial charge in [-0.15, -0.1) is 24.0 Å². The Kier molecular flexibility index (Phi) is 12.2. The van der Waals surface area contributed by atoms with Crippen LogP contribution in [-0.4, -0.2) is 80.6 Å². The Labute approximate surface area is 204 Å². The molecule has 2 N–H and O–H groups in total. The summed E-state index contributed by atoms with van der Waals surface area (Å²) in [6, 6.07) is 10.2. The monoisotopic (exact) mass is 543 g/mol. The molecule has 174 valence electrons. The maximum atomic E-state index is 12.3. The van der Waals surface area contributed by atoms with Crippen LogP contribution in [0.3, 0.4) is 0 Å². The van der Waals surface area contributed by atoms with Crippen LogP contribution in [0.2, 0.25) is 0 Å². The van der Waals surface area contributed by atoms with Crippen molar-refractivity contribution < 1.29 is 9.53 Å². The van der Waals surface area contributed by atoms with Gasteiger partial charge in [0.2, 0.25) is 5.91 Å². The number of amides is 1. The minimum absolute atomic E-state index is 0. The third-order valence-electron chi connectivity index (χ3n) is 5.82. The van der Waals surface area contributed by atoms with Gasteiger partial charge in [0.05, 0.1) is 19.8 Å². The number of benzene rings is 1. The van der Waals surface area contributed by atoms with Crippen molar-refractivity contribution in [2.75, 3.05) is 59.0 Å². The van der Waals surface area contributed by atoms with E-state index in [1.807, 2.05) is 18.2 Å². The average molecular weight is 543 g/mol. The quantitative estimate of drug-likeness (QED) is 0.205. The number of carbonyl (C=O) groups is 1. The second kappa shape index (κ2) is 14.6. The Balaban J connectivity index is 0.00000341. The van der Waals surface area contributed by atoms with Gasteiger partial charge >= 0.3 is 0 Å². The highest BCUT2D eigenvalue weighted by Gasteiger charge is 2.30. The first-order valence-electron chi connectivity index (χ1n) is 11.4. The fourth-order valence-electron chi connectivity index (χ4n) is 3.76. The molecular formula is C23H38IN5O2. The van der Waals surface area contributed by atoms with Crippen molar-refractivity contribution in [2.24, 2.45) is 10.9 Å². The van der Waals surface area contributed by atoms with Gasteiger partial charge in [-0.3, -0.25) is 14.7 Å². The summed E-state index contributed by atoms with van der Waals surface area (Å²) in [4.78, 5) is 21.5. The molecule has 1 saturated heterocycles. The molecule has 1 aliphatic heterocycles. The van der Waals surface area contributed by atoms with Gasteiger partial charge in [-0.1, -0.05) is 36.8 Å². The molecule has 0 radical (unpaired) electrons. The van der Waals surface area contributed by atoms with Crippen molar-refractivity contribution in [3.8, 4) is 0 Å². The summed E-state index contributed by atoms with van der Waals surface area (Å²) < 4.78 is 5.72. The number of rotatable bonds is 10. The molecule has 0 bridgehead atoms. The first-order valence-corrected chi connectivity index (χ1v) is 11.4. The van der Waals surface area contributed by atoms with E-state index in [-0.39, 0.29) is 24.0 Å². The number of nitrogens with one attached hydrogen (secondary N) is 2. The summed E-state index contributed by atoms with van der Waals surface area (Å²) in [5, 5.41) is 6.62. The van der Waals surface area contributed by atoms with Crippen LogP contribution in [0.4, 0.5) is 0 Å². The van der Waals surface area contributed by atoms with Crippen molar-refractivity contribution in [1.82, 2.24) is 20.4 Å². The van der Waals surface area contributed by atoms with E-state index in [1.54, 1.807) is 0 Å². The Morgan fingerprint density at radius 2 is 1.87 bits per heavy atom. The van der Waals surface area contributed by atoms with Crippen LogP contribution in [0.1, 0.15) is 31.7 Å².